The van der Waals surface area contributed by atoms with Gasteiger partial charge in [-0.05, 0) is 43.5 Å². The van der Waals surface area contributed by atoms with E-state index in [1.54, 1.807) is 31.3 Å². The van der Waals surface area contributed by atoms with Gasteiger partial charge in [-0.1, -0.05) is 45.4 Å². The molecule has 0 aromatic heterocycles. The number of nitrogens with zero attached hydrogens (tertiary/aromatic N) is 1. The zero-order valence-electron chi connectivity index (χ0n) is 16.0. The van der Waals surface area contributed by atoms with Crippen LogP contribution in [0, 0.1) is 0 Å². The predicted octanol–water partition coefficient (Wildman–Crippen LogP) is 4.55. The van der Waals surface area contributed by atoms with Crippen LogP contribution >= 0.6 is 0 Å². The molecule has 6 heteroatoms. The monoisotopic (exact) mass is 380 g/mol. The summed E-state index contributed by atoms with van der Waals surface area (Å²) in [6.07, 6.45) is 9.99. The molecular formula is C20H32N2O3S. The van der Waals surface area contributed by atoms with Crippen LogP contribution in [0.5, 0.6) is 0 Å². The van der Waals surface area contributed by atoms with Gasteiger partial charge in [-0.15, -0.1) is 0 Å². The Balaban J connectivity index is 1.94. The minimum atomic E-state index is -3.48. The normalized spacial score (nSPS) is 16.0. The molecule has 0 radical (unpaired) electrons. The highest BCUT2D eigenvalue weighted by atomic mass is 32.2. The molecule has 1 fully saturated rings. The minimum absolute atomic E-state index is 0.0176. The number of carbonyl (C=O) groups is 1. The van der Waals surface area contributed by atoms with Crippen LogP contribution in [0.15, 0.2) is 29.2 Å². The number of nitrogens with one attached hydrogen (secondary N) is 1. The number of benzene rings is 1. The van der Waals surface area contributed by atoms with Crippen LogP contribution in [-0.2, 0) is 14.8 Å². The molecule has 1 aromatic carbocycles. The molecule has 0 atom stereocenters. The van der Waals surface area contributed by atoms with Gasteiger partial charge in [0.1, 0.15) is 0 Å². The SMILES string of the molecule is CCCCCCC(=O)Nc1ccc(S(=O)(=O)N(C)C2CCCCC2)cc1. The first-order valence-electron chi connectivity index (χ1n) is 9.83. The number of unbranched alkanes of at least 4 members (excludes halogenated alkanes) is 3. The molecule has 1 aliphatic carbocycles. The largest absolute Gasteiger partial charge is 0.326 e. The van der Waals surface area contributed by atoms with Crippen molar-refractivity contribution < 1.29 is 13.2 Å². The lowest BCUT2D eigenvalue weighted by atomic mass is 9.96. The second-order valence-electron chi connectivity index (χ2n) is 7.20. The van der Waals surface area contributed by atoms with E-state index >= 15 is 0 Å². The van der Waals surface area contributed by atoms with Crippen LogP contribution in [-0.4, -0.2) is 31.7 Å². The Morgan fingerprint density at radius 2 is 1.73 bits per heavy atom. The molecule has 0 aliphatic heterocycles. The van der Waals surface area contributed by atoms with Crippen molar-refractivity contribution in [3.8, 4) is 0 Å². The number of rotatable bonds is 9. The molecule has 1 N–H and O–H groups in total. The van der Waals surface area contributed by atoms with Gasteiger partial charge < -0.3 is 5.32 Å². The molecular weight excluding hydrogens is 348 g/mol. The van der Waals surface area contributed by atoms with Crippen molar-refractivity contribution in [1.29, 1.82) is 0 Å². The summed E-state index contributed by atoms with van der Waals surface area (Å²) in [5, 5.41) is 2.84. The van der Waals surface area contributed by atoms with E-state index in [1.165, 1.54) is 10.7 Å². The number of anilines is 1. The quantitative estimate of drug-likeness (QED) is 0.639. The van der Waals surface area contributed by atoms with Crippen molar-refractivity contribution in [3.05, 3.63) is 24.3 Å². The van der Waals surface area contributed by atoms with Gasteiger partial charge in [-0.25, -0.2) is 8.42 Å². The number of hydrogen-bond acceptors (Lipinski definition) is 3. The van der Waals surface area contributed by atoms with Crippen molar-refractivity contribution in [3.63, 3.8) is 0 Å². The summed E-state index contributed by atoms with van der Waals surface area (Å²) in [7, 11) is -1.81. The third-order valence-electron chi connectivity index (χ3n) is 5.16. The van der Waals surface area contributed by atoms with Gasteiger partial charge in [0.25, 0.3) is 0 Å². The van der Waals surface area contributed by atoms with E-state index in [-0.39, 0.29) is 16.8 Å². The average molecular weight is 381 g/mol. The fourth-order valence-corrected chi connectivity index (χ4v) is 4.87. The standard InChI is InChI=1S/C20H32N2O3S/c1-3-4-5-9-12-20(23)21-17-13-15-19(16-14-17)26(24,25)22(2)18-10-7-6-8-11-18/h13-16,18H,3-12H2,1-2H3,(H,21,23). The lowest BCUT2D eigenvalue weighted by Crippen LogP contribution is -2.38. The molecule has 0 spiro atoms. The highest BCUT2D eigenvalue weighted by Crippen LogP contribution is 2.27. The molecule has 0 unspecified atom stereocenters. The maximum atomic E-state index is 12.8. The van der Waals surface area contributed by atoms with Gasteiger partial charge in [0.2, 0.25) is 15.9 Å². The van der Waals surface area contributed by atoms with Gasteiger partial charge in [0, 0.05) is 25.2 Å². The van der Waals surface area contributed by atoms with E-state index in [4.69, 9.17) is 0 Å². The molecule has 1 amide bonds. The molecule has 26 heavy (non-hydrogen) atoms. The summed E-state index contributed by atoms with van der Waals surface area (Å²) in [6.45, 7) is 2.14. The van der Waals surface area contributed by atoms with Crippen LogP contribution < -0.4 is 5.32 Å². The first kappa shape index (κ1) is 20.9. The highest BCUT2D eigenvalue weighted by molar-refractivity contribution is 7.89. The number of amides is 1. The predicted molar refractivity (Wildman–Crippen MR) is 106 cm³/mol. The fourth-order valence-electron chi connectivity index (χ4n) is 3.45. The second kappa shape index (κ2) is 10.1. The maximum absolute atomic E-state index is 12.8. The van der Waals surface area contributed by atoms with Crippen LogP contribution in [0.2, 0.25) is 0 Å². The maximum Gasteiger partial charge on any atom is 0.243 e. The third kappa shape index (κ3) is 5.81. The lowest BCUT2D eigenvalue weighted by molar-refractivity contribution is -0.116. The van der Waals surface area contributed by atoms with Gasteiger partial charge in [-0.3, -0.25) is 4.79 Å². The van der Waals surface area contributed by atoms with E-state index in [0.717, 1.165) is 51.4 Å². The Morgan fingerprint density at radius 1 is 1.08 bits per heavy atom. The number of carbonyl (C=O) groups excluding carboxylic acids is 1. The van der Waals surface area contributed by atoms with Crippen molar-refractivity contribution in [2.75, 3.05) is 12.4 Å². The van der Waals surface area contributed by atoms with Gasteiger partial charge in [0.05, 0.1) is 4.90 Å². The van der Waals surface area contributed by atoms with Crippen molar-refractivity contribution >= 4 is 21.6 Å². The average Bonchev–Trinajstić information content (AvgIpc) is 2.66. The molecule has 146 valence electrons. The van der Waals surface area contributed by atoms with E-state index in [2.05, 4.69) is 12.2 Å². The topological polar surface area (TPSA) is 66.5 Å². The Hall–Kier alpha value is -1.40. The summed E-state index contributed by atoms with van der Waals surface area (Å²) in [6, 6.07) is 6.61. The molecule has 0 bridgehead atoms. The summed E-state index contributed by atoms with van der Waals surface area (Å²) < 4.78 is 27.1. The first-order valence-corrected chi connectivity index (χ1v) is 11.3. The fraction of sp³-hybridized carbons (Fsp3) is 0.650. The van der Waals surface area contributed by atoms with Crippen molar-refractivity contribution in [2.24, 2.45) is 0 Å². The Bertz CT molecular complexity index is 665. The zero-order valence-corrected chi connectivity index (χ0v) is 16.9. The summed E-state index contributed by atoms with van der Waals surface area (Å²) >= 11 is 0. The van der Waals surface area contributed by atoms with E-state index < -0.39 is 10.0 Å². The summed E-state index contributed by atoms with van der Waals surface area (Å²) in [5.41, 5.74) is 0.643. The summed E-state index contributed by atoms with van der Waals surface area (Å²) in [4.78, 5) is 12.2. The van der Waals surface area contributed by atoms with Crippen LogP contribution in [0.1, 0.15) is 71.1 Å². The van der Waals surface area contributed by atoms with Crippen LogP contribution in [0.4, 0.5) is 5.69 Å². The van der Waals surface area contributed by atoms with Gasteiger partial charge >= 0.3 is 0 Å². The van der Waals surface area contributed by atoms with E-state index in [0.29, 0.717) is 12.1 Å². The van der Waals surface area contributed by atoms with Gasteiger partial charge in [0.15, 0.2) is 0 Å². The van der Waals surface area contributed by atoms with E-state index in [9.17, 15) is 13.2 Å². The molecule has 0 saturated heterocycles. The van der Waals surface area contributed by atoms with Crippen molar-refractivity contribution in [1.82, 2.24) is 4.31 Å². The zero-order chi connectivity index (χ0) is 19.0. The number of sulfonamides is 1. The Kier molecular flexibility index (Phi) is 8.10. The summed E-state index contributed by atoms with van der Waals surface area (Å²) in [5.74, 6) is -0.0176. The lowest BCUT2D eigenvalue weighted by Gasteiger charge is -2.30. The molecule has 1 aliphatic rings. The molecule has 5 nitrogen and oxygen atoms in total. The van der Waals surface area contributed by atoms with Gasteiger partial charge in [-0.2, -0.15) is 4.31 Å². The Labute approximate surface area is 158 Å². The second-order valence-corrected chi connectivity index (χ2v) is 9.19. The third-order valence-corrected chi connectivity index (χ3v) is 7.09. The van der Waals surface area contributed by atoms with Crippen molar-refractivity contribution in [2.45, 2.75) is 82.1 Å². The minimum Gasteiger partial charge on any atom is -0.326 e. The smallest absolute Gasteiger partial charge is 0.243 e. The molecule has 2 rings (SSSR count). The first-order chi connectivity index (χ1) is 12.4. The Morgan fingerprint density at radius 3 is 2.35 bits per heavy atom. The van der Waals surface area contributed by atoms with Crippen LogP contribution in [0.3, 0.4) is 0 Å². The molecule has 1 aromatic rings. The highest BCUT2D eigenvalue weighted by Gasteiger charge is 2.28. The number of hydrogen-bond donors (Lipinski definition) is 1. The van der Waals surface area contributed by atoms with Crippen LogP contribution in [0.25, 0.3) is 0 Å². The molecule has 1 saturated carbocycles. The van der Waals surface area contributed by atoms with E-state index in [1.807, 2.05) is 0 Å². The molecule has 0 heterocycles.